The Balaban J connectivity index is 2.47. The molecular weight excluding hydrogens is 298 g/mol. The molecule has 1 amide bonds. The maximum atomic E-state index is 11.6. The molecule has 2 nitrogen and oxygen atoms in total. The van der Waals surface area contributed by atoms with E-state index < -0.39 is 0 Å². The number of carbonyl (C=O) groups excluding carboxylic acids is 1. The smallest absolute Gasteiger partial charge is 0.261 e. The van der Waals surface area contributed by atoms with E-state index in [0.29, 0.717) is 6.54 Å². The van der Waals surface area contributed by atoms with Crippen molar-refractivity contribution in [2.24, 2.45) is 0 Å². The van der Waals surface area contributed by atoms with E-state index >= 15 is 0 Å². The van der Waals surface area contributed by atoms with Crippen molar-refractivity contribution < 1.29 is 4.79 Å². The summed E-state index contributed by atoms with van der Waals surface area (Å²) in [6, 6.07) is 1.88. The monoisotopic (exact) mass is 309 g/mol. The average Bonchev–Trinajstić information content (AvgIpc) is 2.46. The minimum absolute atomic E-state index is 0.0221. The maximum absolute atomic E-state index is 11.6. The van der Waals surface area contributed by atoms with Crippen molar-refractivity contribution in [3.05, 3.63) is 20.3 Å². The fraction of sp³-hybridized carbons (Fsp3) is 0.500. The van der Waals surface area contributed by atoms with Gasteiger partial charge in [0.15, 0.2) is 0 Å². The molecule has 1 atom stereocenters. The fourth-order valence-corrected chi connectivity index (χ4v) is 2.60. The molecule has 84 valence electrons. The van der Waals surface area contributed by atoms with Crippen LogP contribution in [0.3, 0.4) is 0 Å². The van der Waals surface area contributed by atoms with Gasteiger partial charge in [-0.25, -0.2) is 0 Å². The van der Waals surface area contributed by atoms with Gasteiger partial charge >= 0.3 is 0 Å². The summed E-state index contributed by atoms with van der Waals surface area (Å²) in [5, 5.41) is 2.94. The molecule has 1 aromatic rings. The van der Waals surface area contributed by atoms with Gasteiger partial charge in [-0.05, 0) is 47.8 Å². The van der Waals surface area contributed by atoms with Crippen LogP contribution in [0.1, 0.15) is 28.6 Å². The van der Waals surface area contributed by atoms with E-state index in [1.807, 2.05) is 19.9 Å². The number of thiophene rings is 1. The van der Waals surface area contributed by atoms with Crippen molar-refractivity contribution >= 4 is 44.8 Å². The molecule has 0 aliphatic rings. The summed E-state index contributed by atoms with van der Waals surface area (Å²) in [4.78, 5) is 12.4. The number of hydrogen-bond acceptors (Lipinski definition) is 2. The van der Waals surface area contributed by atoms with Crippen molar-refractivity contribution in [2.75, 3.05) is 6.54 Å². The summed E-state index contributed by atoms with van der Waals surface area (Å²) in [6.45, 7) is 4.51. The molecule has 1 aromatic heterocycles. The molecule has 0 fully saturated rings. The Morgan fingerprint density at radius 3 is 2.87 bits per heavy atom. The predicted octanol–water partition coefficient (Wildman–Crippen LogP) is 3.57. The normalized spacial score (nSPS) is 12.5. The lowest BCUT2D eigenvalue weighted by molar-refractivity contribution is 0.0957. The van der Waals surface area contributed by atoms with Gasteiger partial charge in [-0.1, -0.05) is 0 Å². The zero-order valence-electron chi connectivity index (χ0n) is 8.64. The van der Waals surface area contributed by atoms with Crippen molar-refractivity contribution in [3.63, 3.8) is 0 Å². The standard InChI is InChI=1S/C10H13BrClNOS/c1-6-5-8(15-9(6)11)10(14)13-4-3-7(2)12/h5,7H,3-4H2,1-2H3,(H,13,14). The van der Waals surface area contributed by atoms with Crippen LogP contribution in [0.25, 0.3) is 0 Å². The first kappa shape index (κ1) is 13.0. The Morgan fingerprint density at radius 1 is 1.73 bits per heavy atom. The molecule has 0 aliphatic carbocycles. The number of halogens is 2. The average molecular weight is 311 g/mol. The van der Waals surface area contributed by atoms with Gasteiger partial charge in [-0.15, -0.1) is 22.9 Å². The van der Waals surface area contributed by atoms with Crippen molar-refractivity contribution in [1.29, 1.82) is 0 Å². The third-order valence-corrected chi connectivity index (χ3v) is 4.26. The number of hydrogen-bond donors (Lipinski definition) is 1. The number of amides is 1. The minimum Gasteiger partial charge on any atom is -0.351 e. The zero-order chi connectivity index (χ0) is 11.4. The van der Waals surface area contributed by atoms with Crippen LogP contribution in [0.2, 0.25) is 0 Å². The maximum Gasteiger partial charge on any atom is 0.261 e. The molecule has 15 heavy (non-hydrogen) atoms. The Hall–Kier alpha value is -0.0600. The van der Waals surface area contributed by atoms with E-state index in [1.165, 1.54) is 11.3 Å². The lowest BCUT2D eigenvalue weighted by atomic mass is 10.3. The van der Waals surface area contributed by atoms with Gasteiger partial charge in [0, 0.05) is 11.9 Å². The summed E-state index contributed by atoms with van der Waals surface area (Å²) in [7, 11) is 0. The molecule has 0 saturated heterocycles. The molecule has 0 spiro atoms. The van der Waals surface area contributed by atoms with Crippen molar-refractivity contribution in [3.8, 4) is 0 Å². The largest absolute Gasteiger partial charge is 0.351 e. The van der Waals surface area contributed by atoms with E-state index in [1.54, 1.807) is 0 Å². The lowest BCUT2D eigenvalue weighted by Crippen LogP contribution is -2.24. The number of carbonyl (C=O) groups is 1. The first-order chi connectivity index (χ1) is 7.00. The molecule has 0 bridgehead atoms. The molecule has 1 unspecified atom stereocenters. The van der Waals surface area contributed by atoms with E-state index in [2.05, 4.69) is 21.2 Å². The Labute approximate surface area is 107 Å². The SMILES string of the molecule is Cc1cc(C(=O)NCCC(C)Cl)sc1Br. The highest BCUT2D eigenvalue weighted by atomic mass is 79.9. The van der Waals surface area contributed by atoms with E-state index in [0.717, 1.165) is 20.6 Å². The summed E-state index contributed by atoms with van der Waals surface area (Å²) in [6.07, 6.45) is 0.790. The first-order valence-electron chi connectivity index (χ1n) is 4.69. The van der Waals surface area contributed by atoms with Crippen LogP contribution in [-0.4, -0.2) is 17.8 Å². The minimum atomic E-state index is -0.0221. The molecule has 0 saturated carbocycles. The second kappa shape index (κ2) is 5.87. The number of rotatable bonds is 4. The van der Waals surface area contributed by atoms with Crippen LogP contribution in [0.15, 0.2) is 9.85 Å². The van der Waals surface area contributed by atoms with Crippen LogP contribution in [0.4, 0.5) is 0 Å². The second-order valence-electron chi connectivity index (χ2n) is 3.39. The van der Waals surface area contributed by atoms with Gasteiger partial charge in [0.1, 0.15) is 0 Å². The summed E-state index contributed by atoms with van der Waals surface area (Å²) in [5.41, 5.74) is 1.09. The van der Waals surface area contributed by atoms with Gasteiger partial charge in [-0.3, -0.25) is 4.79 Å². The number of aryl methyl sites for hydroxylation is 1. The van der Waals surface area contributed by atoms with Crippen LogP contribution < -0.4 is 5.32 Å². The molecular formula is C10H13BrClNOS. The summed E-state index contributed by atoms with van der Waals surface area (Å²) < 4.78 is 1.01. The van der Waals surface area contributed by atoms with E-state index in [4.69, 9.17) is 11.6 Å². The van der Waals surface area contributed by atoms with Crippen LogP contribution >= 0.6 is 38.9 Å². The van der Waals surface area contributed by atoms with Gasteiger partial charge < -0.3 is 5.32 Å². The number of alkyl halides is 1. The molecule has 5 heteroatoms. The fourth-order valence-electron chi connectivity index (χ4n) is 1.04. The molecule has 0 radical (unpaired) electrons. The van der Waals surface area contributed by atoms with Crippen LogP contribution in [-0.2, 0) is 0 Å². The topological polar surface area (TPSA) is 29.1 Å². The van der Waals surface area contributed by atoms with Gasteiger partial charge in [0.25, 0.3) is 5.91 Å². The summed E-state index contributed by atoms with van der Waals surface area (Å²) in [5.74, 6) is -0.0221. The predicted molar refractivity (Wildman–Crippen MR) is 69.0 cm³/mol. The lowest BCUT2D eigenvalue weighted by Gasteiger charge is -2.04. The highest BCUT2D eigenvalue weighted by Crippen LogP contribution is 2.27. The van der Waals surface area contributed by atoms with Gasteiger partial charge in [0.2, 0.25) is 0 Å². The molecule has 1 rings (SSSR count). The van der Waals surface area contributed by atoms with E-state index in [9.17, 15) is 4.79 Å². The third kappa shape index (κ3) is 4.13. The van der Waals surface area contributed by atoms with Crippen LogP contribution in [0, 0.1) is 6.92 Å². The Morgan fingerprint density at radius 2 is 2.40 bits per heavy atom. The highest BCUT2D eigenvalue weighted by molar-refractivity contribution is 9.11. The Bertz CT molecular complexity index is 332. The zero-order valence-corrected chi connectivity index (χ0v) is 11.8. The second-order valence-corrected chi connectivity index (χ2v) is 6.51. The molecule has 1 N–H and O–H groups in total. The molecule has 1 heterocycles. The van der Waals surface area contributed by atoms with Crippen LogP contribution in [0.5, 0.6) is 0 Å². The summed E-state index contributed by atoms with van der Waals surface area (Å²) >= 11 is 10.6. The molecule has 0 aliphatic heterocycles. The van der Waals surface area contributed by atoms with Gasteiger partial charge in [-0.2, -0.15) is 0 Å². The molecule has 0 aromatic carbocycles. The van der Waals surface area contributed by atoms with Crippen molar-refractivity contribution in [1.82, 2.24) is 5.32 Å². The number of nitrogens with one attached hydrogen (secondary N) is 1. The van der Waals surface area contributed by atoms with Gasteiger partial charge in [0.05, 0.1) is 8.66 Å². The van der Waals surface area contributed by atoms with Crippen molar-refractivity contribution in [2.45, 2.75) is 25.6 Å². The quantitative estimate of drug-likeness (QED) is 0.846. The Kier molecular flexibility index (Phi) is 5.09. The highest BCUT2D eigenvalue weighted by Gasteiger charge is 2.10. The third-order valence-electron chi connectivity index (χ3n) is 1.91. The van der Waals surface area contributed by atoms with E-state index in [-0.39, 0.29) is 11.3 Å². The first-order valence-corrected chi connectivity index (χ1v) is 6.73.